The molecular formula is C16H25F3N2. The minimum absolute atomic E-state index is 0.189. The highest BCUT2D eigenvalue weighted by molar-refractivity contribution is 5.26. The van der Waals surface area contributed by atoms with E-state index in [1.54, 1.807) is 6.07 Å². The third-order valence-electron chi connectivity index (χ3n) is 3.83. The lowest BCUT2D eigenvalue weighted by atomic mass is 10.0. The largest absolute Gasteiger partial charge is 0.416 e. The van der Waals surface area contributed by atoms with Gasteiger partial charge >= 0.3 is 6.18 Å². The zero-order valence-corrected chi connectivity index (χ0v) is 13.0. The summed E-state index contributed by atoms with van der Waals surface area (Å²) in [5.74, 6) is 0. The number of rotatable bonds is 8. The maximum absolute atomic E-state index is 12.7. The summed E-state index contributed by atoms with van der Waals surface area (Å²) in [6.07, 6.45) is -2.73. The molecule has 21 heavy (non-hydrogen) atoms. The van der Waals surface area contributed by atoms with Crippen molar-refractivity contribution in [2.45, 2.75) is 38.9 Å². The van der Waals surface area contributed by atoms with Gasteiger partial charge in [0.1, 0.15) is 0 Å². The molecule has 5 heteroatoms. The summed E-state index contributed by atoms with van der Waals surface area (Å²) in [5, 5.41) is 3.20. The molecule has 0 aliphatic heterocycles. The first-order valence-corrected chi connectivity index (χ1v) is 7.46. The predicted octanol–water partition coefficient (Wildman–Crippen LogP) is 3.57. The summed E-state index contributed by atoms with van der Waals surface area (Å²) in [5.41, 5.74) is 0.155. The Morgan fingerprint density at radius 2 is 1.86 bits per heavy atom. The first-order chi connectivity index (χ1) is 9.90. The van der Waals surface area contributed by atoms with E-state index in [1.165, 1.54) is 12.1 Å². The van der Waals surface area contributed by atoms with Crippen LogP contribution in [0.2, 0.25) is 0 Å². The maximum atomic E-state index is 12.7. The van der Waals surface area contributed by atoms with Gasteiger partial charge in [0, 0.05) is 6.04 Å². The summed E-state index contributed by atoms with van der Waals surface area (Å²) in [4.78, 5) is 2.32. The molecule has 0 aliphatic rings. The number of nitrogens with one attached hydrogen (secondary N) is 1. The van der Waals surface area contributed by atoms with Crippen LogP contribution in [0.3, 0.4) is 0 Å². The minimum Gasteiger partial charge on any atom is -0.317 e. The lowest BCUT2D eigenvalue weighted by molar-refractivity contribution is -0.137. The molecule has 0 saturated carbocycles. The molecule has 0 spiro atoms. The van der Waals surface area contributed by atoms with Crippen molar-refractivity contribution < 1.29 is 13.2 Å². The van der Waals surface area contributed by atoms with Crippen LogP contribution < -0.4 is 5.32 Å². The van der Waals surface area contributed by atoms with Crippen molar-refractivity contribution in [2.24, 2.45) is 0 Å². The van der Waals surface area contributed by atoms with E-state index in [9.17, 15) is 13.2 Å². The molecule has 0 amide bonds. The Balaban J connectivity index is 2.65. The van der Waals surface area contributed by atoms with Gasteiger partial charge in [-0.2, -0.15) is 13.2 Å². The number of alkyl halides is 3. The van der Waals surface area contributed by atoms with Gasteiger partial charge in [0.2, 0.25) is 0 Å². The fourth-order valence-corrected chi connectivity index (χ4v) is 2.39. The van der Waals surface area contributed by atoms with Crippen LogP contribution in [0.15, 0.2) is 24.3 Å². The SMILES string of the molecule is CCN(CC)CCC(Cc1cccc(C(F)(F)F)c1)NC. The van der Waals surface area contributed by atoms with Gasteiger partial charge in [-0.1, -0.05) is 32.0 Å². The third kappa shape index (κ3) is 6.06. The van der Waals surface area contributed by atoms with E-state index in [0.717, 1.165) is 37.7 Å². The number of hydrogen-bond donors (Lipinski definition) is 1. The van der Waals surface area contributed by atoms with Crippen LogP contribution in [0.1, 0.15) is 31.4 Å². The van der Waals surface area contributed by atoms with Gasteiger partial charge < -0.3 is 10.2 Å². The minimum atomic E-state index is -4.27. The molecule has 0 bridgehead atoms. The van der Waals surface area contributed by atoms with E-state index >= 15 is 0 Å². The molecule has 1 unspecified atom stereocenters. The topological polar surface area (TPSA) is 15.3 Å². The molecule has 1 aromatic carbocycles. The van der Waals surface area contributed by atoms with Crippen LogP contribution in [-0.2, 0) is 12.6 Å². The maximum Gasteiger partial charge on any atom is 0.416 e. The van der Waals surface area contributed by atoms with Gasteiger partial charge in [0.05, 0.1) is 5.56 Å². The highest BCUT2D eigenvalue weighted by Crippen LogP contribution is 2.29. The molecule has 0 saturated heterocycles. The Labute approximate surface area is 125 Å². The molecule has 1 atom stereocenters. The Kier molecular flexibility index (Phi) is 7.18. The van der Waals surface area contributed by atoms with Crippen LogP contribution in [-0.4, -0.2) is 37.6 Å². The lowest BCUT2D eigenvalue weighted by Gasteiger charge is -2.22. The number of likely N-dealkylation sites (N-methyl/N-ethyl adjacent to an activating group) is 1. The van der Waals surface area contributed by atoms with Crippen molar-refractivity contribution >= 4 is 0 Å². The molecule has 1 rings (SSSR count). The van der Waals surface area contributed by atoms with E-state index in [4.69, 9.17) is 0 Å². The van der Waals surface area contributed by atoms with Crippen LogP contribution in [0, 0.1) is 0 Å². The van der Waals surface area contributed by atoms with E-state index in [2.05, 4.69) is 24.1 Å². The van der Waals surface area contributed by atoms with Crippen molar-refractivity contribution in [3.05, 3.63) is 35.4 Å². The molecule has 0 heterocycles. The van der Waals surface area contributed by atoms with Crippen LogP contribution in [0.4, 0.5) is 13.2 Å². The van der Waals surface area contributed by atoms with Gasteiger partial charge in [-0.15, -0.1) is 0 Å². The second kappa shape index (κ2) is 8.39. The molecule has 0 aliphatic carbocycles. The Hall–Kier alpha value is -1.07. The average Bonchev–Trinajstić information content (AvgIpc) is 2.46. The molecule has 120 valence electrons. The summed E-state index contributed by atoms with van der Waals surface area (Å²) in [6.45, 7) is 7.18. The summed E-state index contributed by atoms with van der Waals surface area (Å²) >= 11 is 0. The van der Waals surface area contributed by atoms with Crippen molar-refractivity contribution in [1.82, 2.24) is 10.2 Å². The van der Waals surface area contributed by atoms with E-state index in [1.807, 2.05) is 7.05 Å². The lowest BCUT2D eigenvalue weighted by Crippen LogP contribution is -2.33. The van der Waals surface area contributed by atoms with Crippen LogP contribution in [0.5, 0.6) is 0 Å². The normalized spacial score (nSPS) is 13.7. The van der Waals surface area contributed by atoms with Crippen molar-refractivity contribution in [2.75, 3.05) is 26.7 Å². The van der Waals surface area contributed by atoms with Crippen LogP contribution >= 0.6 is 0 Å². The second-order valence-electron chi connectivity index (χ2n) is 5.20. The molecule has 0 fully saturated rings. The van der Waals surface area contributed by atoms with E-state index < -0.39 is 11.7 Å². The Morgan fingerprint density at radius 1 is 1.19 bits per heavy atom. The molecule has 0 radical (unpaired) electrons. The number of nitrogens with zero attached hydrogens (tertiary/aromatic N) is 1. The molecule has 2 nitrogen and oxygen atoms in total. The van der Waals surface area contributed by atoms with E-state index in [0.29, 0.717) is 6.42 Å². The van der Waals surface area contributed by atoms with Crippen LogP contribution in [0.25, 0.3) is 0 Å². The summed E-state index contributed by atoms with van der Waals surface area (Å²) in [6, 6.07) is 5.80. The average molecular weight is 302 g/mol. The zero-order valence-electron chi connectivity index (χ0n) is 13.0. The van der Waals surface area contributed by atoms with Gasteiger partial charge in [-0.3, -0.25) is 0 Å². The number of hydrogen-bond acceptors (Lipinski definition) is 2. The van der Waals surface area contributed by atoms with E-state index in [-0.39, 0.29) is 6.04 Å². The fraction of sp³-hybridized carbons (Fsp3) is 0.625. The first-order valence-electron chi connectivity index (χ1n) is 7.46. The highest BCUT2D eigenvalue weighted by atomic mass is 19.4. The van der Waals surface area contributed by atoms with Gasteiger partial charge in [0.15, 0.2) is 0 Å². The smallest absolute Gasteiger partial charge is 0.317 e. The van der Waals surface area contributed by atoms with Crippen molar-refractivity contribution in [1.29, 1.82) is 0 Å². The predicted molar refractivity (Wildman–Crippen MR) is 80.4 cm³/mol. The quantitative estimate of drug-likeness (QED) is 0.790. The molecule has 1 N–H and O–H groups in total. The fourth-order valence-electron chi connectivity index (χ4n) is 2.39. The summed E-state index contributed by atoms with van der Waals surface area (Å²) < 4.78 is 38.1. The summed E-state index contributed by atoms with van der Waals surface area (Å²) in [7, 11) is 1.86. The monoisotopic (exact) mass is 302 g/mol. The van der Waals surface area contributed by atoms with Gasteiger partial charge in [-0.05, 0) is 51.2 Å². The molecular weight excluding hydrogens is 277 g/mol. The zero-order chi connectivity index (χ0) is 15.9. The first kappa shape index (κ1) is 18.0. The number of benzene rings is 1. The standard InChI is InChI=1S/C16H25F3N2/c1-4-21(5-2)10-9-15(20-3)12-13-7-6-8-14(11-13)16(17,18)19/h6-8,11,15,20H,4-5,9-10,12H2,1-3H3. The van der Waals surface area contributed by atoms with Gasteiger partial charge in [0.25, 0.3) is 0 Å². The number of halogens is 3. The third-order valence-corrected chi connectivity index (χ3v) is 3.83. The highest BCUT2D eigenvalue weighted by Gasteiger charge is 2.30. The van der Waals surface area contributed by atoms with Crippen molar-refractivity contribution in [3.63, 3.8) is 0 Å². The molecule has 0 aromatic heterocycles. The van der Waals surface area contributed by atoms with Gasteiger partial charge in [-0.25, -0.2) is 0 Å². The molecule has 1 aromatic rings. The Bertz CT molecular complexity index is 414. The Morgan fingerprint density at radius 3 is 2.38 bits per heavy atom. The van der Waals surface area contributed by atoms with Crippen molar-refractivity contribution in [3.8, 4) is 0 Å². The second-order valence-corrected chi connectivity index (χ2v) is 5.20.